The van der Waals surface area contributed by atoms with Crippen molar-refractivity contribution in [3.8, 4) is 11.8 Å². The summed E-state index contributed by atoms with van der Waals surface area (Å²) in [4.78, 5) is 30.9. The van der Waals surface area contributed by atoms with Crippen LogP contribution in [0.3, 0.4) is 0 Å². The van der Waals surface area contributed by atoms with Crippen LogP contribution in [-0.2, 0) is 14.4 Å². The maximum Gasteiger partial charge on any atom is 0.252 e. The molecule has 3 aromatic rings. The molecule has 2 aromatic heterocycles. The van der Waals surface area contributed by atoms with Gasteiger partial charge in [-0.05, 0) is 31.4 Å². The molecule has 0 radical (unpaired) electrons. The van der Waals surface area contributed by atoms with E-state index in [2.05, 4.69) is 37.6 Å². The number of benzene rings is 1. The maximum atomic E-state index is 12.3. The number of ether oxygens (including phenoxy) is 1. The molecular formula is C23H26N6O5. The van der Waals surface area contributed by atoms with E-state index in [1.807, 2.05) is 37.3 Å². The van der Waals surface area contributed by atoms with Gasteiger partial charge in [0.15, 0.2) is 29.3 Å². The Morgan fingerprint density at radius 2 is 1.97 bits per heavy atom. The minimum atomic E-state index is -1.42. The quantitative estimate of drug-likeness (QED) is 0.225. The first-order valence-corrected chi connectivity index (χ1v) is 11.0. The second-order valence-electron chi connectivity index (χ2n) is 7.61. The highest BCUT2D eigenvalue weighted by atomic mass is 16.6. The third-order valence-electron chi connectivity index (χ3n) is 5.11. The molecule has 1 aliphatic heterocycles. The van der Waals surface area contributed by atoms with Gasteiger partial charge in [0, 0.05) is 12.1 Å². The second kappa shape index (κ2) is 10.6. The Morgan fingerprint density at radius 3 is 2.71 bits per heavy atom. The summed E-state index contributed by atoms with van der Waals surface area (Å²) in [7, 11) is 0. The van der Waals surface area contributed by atoms with Crippen molar-refractivity contribution in [3.63, 3.8) is 0 Å². The van der Waals surface area contributed by atoms with E-state index in [1.165, 1.54) is 10.9 Å². The first kappa shape index (κ1) is 23.6. The van der Waals surface area contributed by atoms with Crippen LogP contribution < -0.4 is 10.8 Å². The lowest BCUT2D eigenvalue weighted by atomic mass is 10.1. The molecule has 0 spiro atoms. The van der Waals surface area contributed by atoms with E-state index in [0.717, 1.165) is 12.0 Å². The molecule has 178 valence electrons. The largest absolute Gasteiger partial charge is 0.387 e. The highest BCUT2D eigenvalue weighted by molar-refractivity contribution is 5.83. The molecule has 0 unspecified atom stereocenters. The summed E-state index contributed by atoms with van der Waals surface area (Å²) in [6.45, 7) is 4.53. The highest BCUT2D eigenvalue weighted by Gasteiger charge is 2.47. The van der Waals surface area contributed by atoms with Gasteiger partial charge in [-0.25, -0.2) is 15.4 Å². The minimum Gasteiger partial charge on any atom is -0.387 e. The molecule has 4 atom stereocenters. The lowest BCUT2D eigenvalue weighted by Crippen LogP contribution is -2.42. The standard InChI is InChI=1S/C23H26N6O5/c1-3-12-33-28-20-16-21(27-15(26-20)11-10-14-8-6-5-7-9-14)29(13-25-16)23-18(31)17(30)19(34-23)22(32)24-4-2/h5-9,13,17-19,23,30-31H,3-4,12H2,1-2H3,(H,24,32)(H,26,27,28)/t17-,18+,19-,23+/m0/s1. The van der Waals surface area contributed by atoms with Gasteiger partial charge >= 0.3 is 0 Å². The fraction of sp³-hybridized carbons (Fsp3) is 0.391. The Kier molecular flexibility index (Phi) is 7.34. The van der Waals surface area contributed by atoms with E-state index < -0.39 is 30.4 Å². The molecule has 1 amide bonds. The number of hydrogen-bond donors (Lipinski definition) is 4. The molecule has 1 fully saturated rings. The summed E-state index contributed by atoms with van der Waals surface area (Å²) < 4.78 is 7.17. The number of nitrogens with zero attached hydrogens (tertiary/aromatic N) is 4. The van der Waals surface area contributed by atoms with Crippen molar-refractivity contribution in [2.45, 2.75) is 44.8 Å². The van der Waals surface area contributed by atoms with Crippen molar-refractivity contribution in [1.29, 1.82) is 0 Å². The molecule has 4 rings (SSSR count). The van der Waals surface area contributed by atoms with Crippen LogP contribution in [0.2, 0.25) is 0 Å². The predicted octanol–water partition coefficient (Wildman–Crippen LogP) is 0.735. The number of carbonyl (C=O) groups is 1. The minimum absolute atomic E-state index is 0.189. The Hall–Kier alpha value is -3.56. The summed E-state index contributed by atoms with van der Waals surface area (Å²) in [5.41, 5.74) is 4.22. The average Bonchev–Trinajstić information content (AvgIpc) is 3.39. The second-order valence-corrected chi connectivity index (χ2v) is 7.61. The topological polar surface area (TPSA) is 144 Å². The molecule has 0 aliphatic carbocycles. The summed E-state index contributed by atoms with van der Waals surface area (Å²) >= 11 is 0. The number of rotatable bonds is 7. The molecule has 1 saturated heterocycles. The van der Waals surface area contributed by atoms with Crippen molar-refractivity contribution in [1.82, 2.24) is 24.8 Å². The van der Waals surface area contributed by atoms with Crippen LogP contribution in [0, 0.1) is 11.8 Å². The van der Waals surface area contributed by atoms with Gasteiger partial charge in [0.25, 0.3) is 5.91 Å². The number of aliphatic hydroxyl groups excluding tert-OH is 2. The number of aliphatic hydroxyl groups is 2. The Labute approximate surface area is 196 Å². The first-order valence-electron chi connectivity index (χ1n) is 11.0. The summed E-state index contributed by atoms with van der Waals surface area (Å²) in [6, 6.07) is 9.39. The van der Waals surface area contributed by atoms with E-state index in [9.17, 15) is 15.0 Å². The number of carbonyl (C=O) groups excluding carboxylic acids is 1. The Balaban J connectivity index is 1.73. The summed E-state index contributed by atoms with van der Waals surface area (Å²) in [5, 5.41) is 23.6. The molecule has 1 aliphatic rings. The van der Waals surface area contributed by atoms with Gasteiger partial charge in [-0.2, -0.15) is 4.98 Å². The fourth-order valence-corrected chi connectivity index (χ4v) is 3.48. The van der Waals surface area contributed by atoms with Gasteiger partial charge in [-0.1, -0.05) is 31.0 Å². The SMILES string of the molecule is CCCONc1nc(C#Cc2ccccc2)nc2c1ncn2[C@@H]1O[C@H](C(=O)NCC)[C@@H](O)[C@H]1O. The van der Waals surface area contributed by atoms with Crippen LogP contribution in [0.1, 0.15) is 37.9 Å². The lowest BCUT2D eigenvalue weighted by Gasteiger charge is -2.16. The maximum absolute atomic E-state index is 12.3. The third kappa shape index (κ3) is 4.85. The van der Waals surface area contributed by atoms with Crippen molar-refractivity contribution in [3.05, 3.63) is 48.0 Å². The van der Waals surface area contributed by atoms with E-state index in [0.29, 0.717) is 30.1 Å². The van der Waals surface area contributed by atoms with E-state index in [4.69, 9.17) is 9.57 Å². The number of aromatic nitrogens is 4. The number of nitrogens with one attached hydrogen (secondary N) is 2. The van der Waals surface area contributed by atoms with E-state index in [1.54, 1.807) is 6.92 Å². The zero-order valence-corrected chi connectivity index (χ0v) is 18.8. The molecule has 34 heavy (non-hydrogen) atoms. The van der Waals surface area contributed by atoms with Crippen LogP contribution in [-0.4, -0.2) is 67.1 Å². The predicted molar refractivity (Wildman–Crippen MR) is 122 cm³/mol. The van der Waals surface area contributed by atoms with E-state index >= 15 is 0 Å². The van der Waals surface area contributed by atoms with Gasteiger partial charge in [-0.15, -0.1) is 0 Å². The summed E-state index contributed by atoms with van der Waals surface area (Å²) in [5.74, 6) is 5.91. The third-order valence-corrected chi connectivity index (χ3v) is 5.11. The van der Waals surface area contributed by atoms with Crippen molar-refractivity contribution in [2.75, 3.05) is 18.6 Å². The molecule has 11 nitrogen and oxygen atoms in total. The number of anilines is 1. The van der Waals surface area contributed by atoms with E-state index in [-0.39, 0.29) is 5.82 Å². The molecular weight excluding hydrogens is 440 g/mol. The van der Waals surface area contributed by atoms with Crippen LogP contribution in [0.4, 0.5) is 5.82 Å². The number of hydrogen-bond acceptors (Lipinski definition) is 9. The van der Waals surface area contributed by atoms with Crippen molar-refractivity contribution in [2.24, 2.45) is 0 Å². The average molecular weight is 466 g/mol. The Morgan fingerprint density at radius 1 is 1.18 bits per heavy atom. The van der Waals surface area contributed by atoms with Crippen molar-refractivity contribution >= 4 is 22.9 Å². The fourth-order valence-electron chi connectivity index (χ4n) is 3.48. The number of imidazole rings is 1. The molecule has 0 bridgehead atoms. The zero-order valence-electron chi connectivity index (χ0n) is 18.8. The monoisotopic (exact) mass is 466 g/mol. The van der Waals surface area contributed by atoms with Crippen molar-refractivity contribution < 1.29 is 24.6 Å². The van der Waals surface area contributed by atoms with Crippen LogP contribution >= 0.6 is 0 Å². The van der Waals surface area contributed by atoms with Gasteiger partial charge in [0.05, 0.1) is 12.9 Å². The molecule has 0 saturated carbocycles. The Bertz CT molecular complexity index is 1210. The number of fused-ring (bicyclic) bond motifs is 1. The number of likely N-dealkylation sites (N-methyl/N-ethyl adjacent to an activating group) is 1. The van der Waals surface area contributed by atoms with Gasteiger partial charge in [0.1, 0.15) is 12.2 Å². The molecule has 4 N–H and O–H groups in total. The molecule has 3 heterocycles. The smallest absolute Gasteiger partial charge is 0.252 e. The van der Waals surface area contributed by atoms with Crippen LogP contribution in [0.5, 0.6) is 0 Å². The summed E-state index contributed by atoms with van der Waals surface area (Å²) in [6.07, 6.45) is -2.94. The van der Waals surface area contributed by atoms with Crippen LogP contribution in [0.15, 0.2) is 36.7 Å². The van der Waals surface area contributed by atoms with Crippen LogP contribution in [0.25, 0.3) is 11.2 Å². The molecule has 11 heteroatoms. The first-order chi connectivity index (χ1) is 16.5. The number of amides is 1. The molecule has 1 aromatic carbocycles. The normalized spacial score (nSPS) is 21.8. The lowest BCUT2D eigenvalue weighted by molar-refractivity contribution is -0.137. The van der Waals surface area contributed by atoms with Gasteiger partial charge < -0.3 is 20.3 Å². The zero-order chi connectivity index (χ0) is 24.1. The van der Waals surface area contributed by atoms with Gasteiger partial charge in [-0.3, -0.25) is 14.2 Å². The highest BCUT2D eigenvalue weighted by Crippen LogP contribution is 2.32. The van der Waals surface area contributed by atoms with Gasteiger partial charge in [0.2, 0.25) is 5.82 Å².